The van der Waals surface area contributed by atoms with Crippen LogP contribution in [0.25, 0.3) is 0 Å². The Kier molecular flexibility index (Phi) is 5.88. The second-order valence-electron chi connectivity index (χ2n) is 7.58. The minimum atomic E-state index is -4.18. The van der Waals surface area contributed by atoms with Gasteiger partial charge in [-0.1, -0.05) is 30.3 Å². The summed E-state index contributed by atoms with van der Waals surface area (Å²) in [5.41, 5.74) is 2.05. The molecule has 0 aromatic heterocycles. The zero-order valence-corrected chi connectivity index (χ0v) is 18.5. The minimum Gasteiger partial charge on any atom is -0.495 e. The number of carbonyl (C=O) groups excluding carboxylic acids is 1. The van der Waals surface area contributed by atoms with Gasteiger partial charge in [-0.25, -0.2) is 12.8 Å². The fourth-order valence-electron chi connectivity index (χ4n) is 4.01. The van der Waals surface area contributed by atoms with Gasteiger partial charge >= 0.3 is 0 Å². The summed E-state index contributed by atoms with van der Waals surface area (Å²) in [5, 5.41) is 0. The van der Waals surface area contributed by atoms with Crippen molar-refractivity contribution in [3.8, 4) is 5.75 Å². The number of rotatable bonds is 6. The fraction of sp³-hybridized carbons (Fsp3) is 0.208. The normalized spacial score (nSPS) is 15.3. The lowest BCUT2D eigenvalue weighted by atomic mass is 10.1. The van der Waals surface area contributed by atoms with E-state index < -0.39 is 22.4 Å². The van der Waals surface area contributed by atoms with Crippen LogP contribution in [0.2, 0.25) is 0 Å². The molecule has 1 unspecified atom stereocenters. The van der Waals surface area contributed by atoms with Crippen molar-refractivity contribution in [3.63, 3.8) is 0 Å². The van der Waals surface area contributed by atoms with E-state index in [0.29, 0.717) is 12.2 Å². The summed E-state index contributed by atoms with van der Waals surface area (Å²) in [7, 11) is -2.75. The van der Waals surface area contributed by atoms with Gasteiger partial charge in [0.2, 0.25) is 5.91 Å². The van der Waals surface area contributed by atoms with Crippen molar-refractivity contribution in [1.29, 1.82) is 0 Å². The third-order valence-electron chi connectivity index (χ3n) is 5.51. The maximum absolute atomic E-state index is 13.6. The Hall–Kier alpha value is -3.39. The highest BCUT2D eigenvalue weighted by molar-refractivity contribution is 7.92. The van der Waals surface area contributed by atoms with Gasteiger partial charge in [-0.2, -0.15) is 0 Å². The Labute approximate surface area is 186 Å². The topological polar surface area (TPSA) is 66.9 Å². The molecule has 1 aliphatic heterocycles. The van der Waals surface area contributed by atoms with Crippen molar-refractivity contribution >= 4 is 27.3 Å². The van der Waals surface area contributed by atoms with Crippen molar-refractivity contribution in [1.82, 2.24) is 0 Å². The molecule has 1 atom stereocenters. The fourth-order valence-corrected chi connectivity index (χ4v) is 5.44. The van der Waals surface area contributed by atoms with Gasteiger partial charge in [0, 0.05) is 11.7 Å². The first-order chi connectivity index (χ1) is 15.3. The molecule has 1 heterocycles. The predicted octanol–water partition coefficient (Wildman–Crippen LogP) is 4.01. The molecule has 166 valence electrons. The summed E-state index contributed by atoms with van der Waals surface area (Å²) in [6.45, 7) is 1.50. The van der Waals surface area contributed by atoms with Gasteiger partial charge in [-0.15, -0.1) is 0 Å². The Morgan fingerprint density at radius 2 is 1.72 bits per heavy atom. The quantitative estimate of drug-likeness (QED) is 0.565. The molecule has 6 nitrogen and oxygen atoms in total. The number of carbonyl (C=O) groups is 1. The molecular formula is C24H23FN2O4S. The molecule has 0 fully saturated rings. The summed E-state index contributed by atoms with van der Waals surface area (Å²) in [4.78, 5) is 15.0. The number of nitrogens with zero attached hydrogens (tertiary/aromatic N) is 2. The highest BCUT2D eigenvalue weighted by Gasteiger charge is 2.35. The van der Waals surface area contributed by atoms with Gasteiger partial charge in [-0.05, 0) is 61.4 Å². The lowest BCUT2D eigenvalue weighted by molar-refractivity contribution is -0.117. The zero-order chi connectivity index (χ0) is 22.9. The maximum atomic E-state index is 13.6. The number of methoxy groups -OCH3 is 1. The molecule has 8 heteroatoms. The van der Waals surface area contributed by atoms with E-state index in [1.165, 1.54) is 19.2 Å². The summed E-state index contributed by atoms with van der Waals surface area (Å²) >= 11 is 0. The van der Waals surface area contributed by atoms with E-state index in [0.717, 1.165) is 27.7 Å². The number of sulfonamides is 1. The van der Waals surface area contributed by atoms with E-state index in [-0.39, 0.29) is 22.5 Å². The largest absolute Gasteiger partial charge is 0.495 e. The summed E-state index contributed by atoms with van der Waals surface area (Å²) in [6, 6.07) is 18.6. The van der Waals surface area contributed by atoms with E-state index in [9.17, 15) is 17.6 Å². The minimum absolute atomic E-state index is 0.104. The molecule has 1 amide bonds. The van der Waals surface area contributed by atoms with Crippen LogP contribution in [-0.2, 0) is 21.2 Å². The van der Waals surface area contributed by atoms with E-state index in [4.69, 9.17) is 4.74 Å². The third-order valence-corrected chi connectivity index (χ3v) is 7.28. The number of ether oxygens (including phenoxy) is 1. The standard InChI is InChI=1S/C24H23FN2O4S/c1-17-15-18-7-3-4-8-21(18)27(17)24(28)16-26(22-9-5-6-10-23(22)31-2)32(29,30)20-13-11-19(25)12-14-20/h3-14,17H,15-16H2,1-2H3. The van der Waals surface area contributed by atoms with Crippen molar-refractivity contribution in [2.24, 2.45) is 0 Å². The highest BCUT2D eigenvalue weighted by atomic mass is 32.2. The number of anilines is 2. The molecule has 0 radical (unpaired) electrons. The number of hydrogen-bond acceptors (Lipinski definition) is 4. The maximum Gasteiger partial charge on any atom is 0.264 e. The molecule has 3 aromatic carbocycles. The van der Waals surface area contributed by atoms with Gasteiger partial charge < -0.3 is 9.64 Å². The molecule has 1 aliphatic rings. The molecule has 0 bridgehead atoms. The van der Waals surface area contributed by atoms with Crippen LogP contribution >= 0.6 is 0 Å². The Morgan fingerprint density at radius 1 is 1.06 bits per heavy atom. The highest BCUT2D eigenvalue weighted by Crippen LogP contribution is 2.35. The number of benzene rings is 3. The molecule has 4 rings (SSSR count). The lowest BCUT2D eigenvalue weighted by Crippen LogP contribution is -2.45. The lowest BCUT2D eigenvalue weighted by Gasteiger charge is -2.29. The smallest absolute Gasteiger partial charge is 0.264 e. The van der Waals surface area contributed by atoms with Gasteiger partial charge in [0.25, 0.3) is 10.0 Å². The van der Waals surface area contributed by atoms with Crippen molar-refractivity contribution < 1.29 is 22.3 Å². The first-order valence-corrected chi connectivity index (χ1v) is 11.6. The third kappa shape index (κ3) is 3.93. The summed E-state index contributed by atoms with van der Waals surface area (Å²) in [6.07, 6.45) is 0.696. The van der Waals surface area contributed by atoms with Crippen LogP contribution in [0.15, 0.2) is 77.7 Å². The van der Waals surface area contributed by atoms with Crippen molar-refractivity contribution in [3.05, 3.63) is 84.2 Å². The molecule has 0 N–H and O–H groups in total. The average Bonchev–Trinajstić information content (AvgIpc) is 3.13. The number of hydrogen-bond donors (Lipinski definition) is 0. The monoisotopic (exact) mass is 454 g/mol. The van der Waals surface area contributed by atoms with E-state index >= 15 is 0 Å². The Balaban J connectivity index is 1.77. The molecule has 3 aromatic rings. The first kappa shape index (κ1) is 21.8. The molecular weight excluding hydrogens is 431 g/mol. The van der Waals surface area contributed by atoms with Crippen LogP contribution in [-0.4, -0.2) is 34.0 Å². The van der Waals surface area contributed by atoms with E-state index in [1.54, 1.807) is 29.2 Å². The molecule has 0 saturated heterocycles. The Bertz CT molecular complexity index is 1240. The van der Waals surface area contributed by atoms with Crippen LogP contribution in [0, 0.1) is 5.82 Å². The number of amides is 1. The molecule has 0 spiro atoms. The van der Waals surface area contributed by atoms with Crippen LogP contribution in [0.1, 0.15) is 12.5 Å². The molecule has 0 aliphatic carbocycles. The van der Waals surface area contributed by atoms with Crippen molar-refractivity contribution in [2.75, 3.05) is 22.9 Å². The zero-order valence-electron chi connectivity index (χ0n) is 17.7. The Morgan fingerprint density at radius 3 is 2.44 bits per heavy atom. The van der Waals surface area contributed by atoms with Gasteiger partial charge in [0.05, 0.1) is 17.7 Å². The van der Waals surface area contributed by atoms with Crippen LogP contribution in [0.4, 0.5) is 15.8 Å². The summed E-state index contributed by atoms with van der Waals surface area (Å²) in [5.74, 6) is -0.605. The second kappa shape index (κ2) is 8.63. The van der Waals surface area contributed by atoms with Gasteiger partial charge in [0.15, 0.2) is 0 Å². The van der Waals surface area contributed by atoms with E-state index in [2.05, 4.69) is 0 Å². The summed E-state index contributed by atoms with van der Waals surface area (Å²) < 4.78 is 47.0. The van der Waals surface area contributed by atoms with Crippen LogP contribution < -0.4 is 13.9 Å². The molecule has 0 saturated carbocycles. The van der Waals surface area contributed by atoms with Gasteiger partial charge in [-0.3, -0.25) is 9.10 Å². The second-order valence-corrected chi connectivity index (χ2v) is 9.45. The van der Waals surface area contributed by atoms with E-state index in [1.807, 2.05) is 31.2 Å². The first-order valence-electron chi connectivity index (χ1n) is 10.1. The SMILES string of the molecule is COc1ccccc1N(CC(=O)N1c2ccccc2CC1C)S(=O)(=O)c1ccc(F)cc1. The molecule has 32 heavy (non-hydrogen) atoms. The number of halogens is 1. The predicted molar refractivity (Wildman–Crippen MR) is 121 cm³/mol. The number of para-hydroxylation sites is 3. The number of fused-ring (bicyclic) bond motifs is 1. The van der Waals surface area contributed by atoms with Crippen LogP contribution in [0.5, 0.6) is 5.75 Å². The van der Waals surface area contributed by atoms with Crippen LogP contribution in [0.3, 0.4) is 0 Å². The van der Waals surface area contributed by atoms with Gasteiger partial charge in [0.1, 0.15) is 18.1 Å². The van der Waals surface area contributed by atoms with Crippen molar-refractivity contribution in [2.45, 2.75) is 24.3 Å². The average molecular weight is 455 g/mol.